The van der Waals surface area contributed by atoms with E-state index in [-0.39, 0.29) is 11.6 Å². The number of carboxylic acids is 1. The number of hydrogen-bond donors (Lipinski definition) is 2. The van der Waals surface area contributed by atoms with Gasteiger partial charge in [0.15, 0.2) is 11.5 Å². The summed E-state index contributed by atoms with van der Waals surface area (Å²) < 4.78 is 110. The van der Waals surface area contributed by atoms with Gasteiger partial charge in [0.2, 0.25) is 0 Å². The monoisotopic (exact) mass is 457 g/mol. The van der Waals surface area contributed by atoms with Crippen LogP contribution in [0.3, 0.4) is 0 Å². The van der Waals surface area contributed by atoms with Gasteiger partial charge in [-0.2, -0.15) is 8.78 Å². The zero-order chi connectivity index (χ0) is 23.4. The average Bonchev–Trinajstić information content (AvgIpc) is 2.59. The van der Waals surface area contributed by atoms with Gasteiger partial charge in [-0.1, -0.05) is 24.3 Å². The molecule has 0 spiro atoms. The van der Waals surface area contributed by atoms with Crippen LogP contribution in [0.5, 0.6) is 11.5 Å². The summed E-state index contributed by atoms with van der Waals surface area (Å²) in [6, 6.07) is 2.48. The van der Waals surface area contributed by atoms with Gasteiger partial charge in [-0.15, -0.1) is 26.3 Å². The number of ether oxygens (including phenoxy) is 2. The molecule has 13 heteroatoms. The summed E-state index contributed by atoms with van der Waals surface area (Å²) in [5.74, 6) is -4.22. The molecular formula is C18H11F8NO4. The Morgan fingerprint density at radius 1 is 0.871 bits per heavy atom. The first-order valence-corrected chi connectivity index (χ1v) is 7.98. The molecule has 0 saturated carbocycles. The van der Waals surface area contributed by atoms with Gasteiger partial charge in [0.1, 0.15) is 0 Å². The van der Waals surface area contributed by atoms with E-state index in [1.54, 1.807) is 5.32 Å². The zero-order valence-electron chi connectivity index (χ0n) is 14.9. The van der Waals surface area contributed by atoms with Crippen LogP contribution in [0.25, 0.3) is 6.08 Å². The number of hydrogen-bond acceptors (Lipinski definition) is 4. The van der Waals surface area contributed by atoms with E-state index < -0.39 is 47.5 Å². The number of aromatic carboxylic acids is 1. The van der Waals surface area contributed by atoms with Crippen molar-refractivity contribution in [3.05, 3.63) is 59.7 Å². The topological polar surface area (TPSA) is 67.8 Å². The summed E-state index contributed by atoms with van der Waals surface area (Å²) in [4.78, 5) is 11.1. The van der Waals surface area contributed by atoms with Gasteiger partial charge in [-0.25, -0.2) is 4.79 Å². The van der Waals surface area contributed by atoms with Crippen molar-refractivity contribution < 1.29 is 54.5 Å². The van der Waals surface area contributed by atoms with Crippen molar-refractivity contribution in [2.75, 3.05) is 5.32 Å². The van der Waals surface area contributed by atoms with Crippen LogP contribution >= 0.6 is 0 Å². The Bertz CT molecular complexity index is 970. The molecule has 0 bridgehead atoms. The molecule has 0 aliphatic heterocycles. The van der Waals surface area contributed by atoms with Crippen molar-refractivity contribution in [1.29, 1.82) is 0 Å². The van der Waals surface area contributed by atoms with Crippen molar-refractivity contribution in [3.63, 3.8) is 0 Å². The third-order valence-electron chi connectivity index (χ3n) is 3.36. The Morgan fingerprint density at radius 2 is 1.45 bits per heavy atom. The summed E-state index contributed by atoms with van der Waals surface area (Å²) in [7, 11) is 0. The fourth-order valence-corrected chi connectivity index (χ4v) is 2.24. The standard InChI is InChI=1S/C18H11F8NO4/c19-16(20,27-12-4-2-1-3-11(12)15(28)29)8-7-10-5-6-13(30-17(21,22)23)14(9-10)31-18(24,25)26/h1-9,27H,(H,28,29)/b8-7+. The van der Waals surface area contributed by atoms with Crippen LogP contribution in [-0.2, 0) is 0 Å². The fourth-order valence-electron chi connectivity index (χ4n) is 2.24. The number of alkyl halides is 8. The highest BCUT2D eigenvalue weighted by Gasteiger charge is 2.36. The highest BCUT2D eigenvalue weighted by molar-refractivity contribution is 5.94. The maximum atomic E-state index is 14.1. The normalized spacial score (nSPS) is 12.6. The number of rotatable bonds is 7. The molecule has 0 aromatic heterocycles. The fraction of sp³-hybridized carbons (Fsp3) is 0.167. The van der Waals surface area contributed by atoms with Crippen molar-refractivity contribution in [3.8, 4) is 11.5 Å². The predicted octanol–water partition coefficient (Wildman–Crippen LogP) is 5.90. The molecule has 0 aliphatic rings. The molecule has 5 nitrogen and oxygen atoms in total. The molecule has 0 radical (unpaired) electrons. The lowest BCUT2D eigenvalue weighted by atomic mass is 10.1. The van der Waals surface area contributed by atoms with Crippen LogP contribution in [0.4, 0.5) is 40.8 Å². The molecule has 2 aromatic carbocycles. The van der Waals surface area contributed by atoms with Crippen molar-refractivity contribution in [1.82, 2.24) is 0 Å². The minimum absolute atomic E-state index is 0.169. The SMILES string of the molecule is O=C(O)c1ccccc1NC(F)(F)/C=C/c1ccc(OC(F)(F)F)c(OC(F)(F)F)c1. The van der Waals surface area contributed by atoms with Crippen LogP contribution in [0.1, 0.15) is 15.9 Å². The van der Waals surface area contributed by atoms with Crippen molar-refractivity contribution >= 4 is 17.7 Å². The van der Waals surface area contributed by atoms with E-state index >= 15 is 0 Å². The van der Waals surface area contributed by atoms with Crippen LogP contribution in [0, 0.1) is 0 Å². The van der Waals surface area contributed by atoms with Crippen LogP contribution in [-0.4, -0.2) is 29.8 Å². The Morgan fingerprint density at radius 3 is 2.03 bits per heavy atom. The number of anilines is 1. The number of para-hydroxylation sites is 1. The van der Waals surface area contributed by atoms with Gasteiger partial charge in [0.25, 0.3) is 0 Å². The van der Waals surface area contributed by atoms with Crippen LogP contribution in [0.2, 0.25) is 0 Å². The zero-order valence-corrected chi connectivity index (χ0v) is 14.9. The quantitative estimate of drug-likeness (QED) is 0.400. The smallest absolute Gasteiger partial charge is 0.478 e. The van der Waals surface area contributed by atoms with Gasteiger partial charge in [-0.3, -0.25) is 0 Å². The maximum Gasteiger partial charge on any atom is 0.573 e. The van der Waals surface area contributed by atoms with E-state index in [1.807, 2.05) is 0 Å². The number of nitrogens with one attached hydrogen (secondary N) is 1. The van der Waals surface area contributed by atoms with Gasteiger partial charge in [0, 0.05) is 6.08 Å². The lowest BCUT2D eigenvalue weighted by Gasteiger charge is -2.17. The highest BCUT2D eigenvalue weighted by atomic mass is 19.4. The summed E-state index contributed by atoms with van der Waals surface area (Å²) >= 11 is 0. The van der Waals surface area contributed by atoms with E-state index in [0.29, 0.717) is 18.2 Å². The van der Waals surface area contributed by atoms with E-state index in [1.165, 1.54) is 12.1 Å². The minimum Gasteiger partial charge on any atom is -0.478 e. The van der Waals surface area contributed by atoms with Gasteiger partial charge in [0.05, 0.1) is 11.3 Å². The van der Waals surface area contributed by atoms with Gasteiger partial charge < -0.3 is 19.9 Å². The first kappa shape index (κ1) is 23.8. The molecule has 168 valence electrons. The lowest BCUT2D eigenvalue weighted by Crippen LogP contribution is -2.25. The molecular weight excluding hydrogens is 446 g/mol. The third-order valence-corrected chi connectivity index (χ3v) is 3.36. The van der Waals surface area contributed by atoms with Crippen LogP contribution < -0.4 is 14.8 Å². The Kier molecular flexibility index (Phi) is 6.67. The molecule has 0 heterocycles. The van der Waals surface area contributed by atoms with Gasteiger partial charge in [-0.05, 0) is 29.8 Å². The average molecular weight is 457 g/mol. The molecule has 0 atom stereocenters. The molecule has 0 fully saturated rings. The summed E-state index contributed by atoms with van der Waals surface area (Å²) in [6.07, 6.45) is -9.94. The van der Waals surface area contributed by atoms with E-state index in [4.69, 9.17) is 5.11 Å². The Labute approximate surface area is 168 Å². The lowest BCUT2D eigenvalue weighted by molar-refractivity contribution is -0.287. The number of benzene rings is 2. The summed E-state index contributed by atoms with van der Waals surface area (Å²) in [5, 5.41) is 10.6. The molecule has 2 N–H and O–H groups in total. The summed E-state index contributed by atoms with van der Waals surface area (Å²) in [6.45, 7) is 0. The largest absolute Gasteiger partial charge is 0.573 e. The molecule has 0 amide bonds. The minimum atomic E-state index is -5.38. The molecule has 0 unspecified atom stereocenters. The molecule has 0 saturated heterocycles. The van der Waals surface area contributed by atoms with Crippen molar-refractivity contribution in [2.45, 2.75) is 18.8 Å². The first-order valence-electron chi connectivity index (χ1n) is 7.98. The Hall–Kier alpha value is -3.51. The molecule has 2 rings (SSSR count). The third kappa shape index (κ3) is 7.68. The molecule has 0 aliphatic carbocycles. The first-order chi connectivity index (χ1) is 14.2. The second-order valence-corrected chi connectivity index (χ2v) is 5.73. The number of halogens is 8. The number of carbonyl (C=O) groups is 1. The second-order valence-electron chi connectivity index (χ2n) is 5.73. The summed E-state index contributed by atoms with van der Waals surface area (Å²) in [5.41, 5.74) is -1.30. The predicted molar refractivity (Wildman–Crippen MR) is 90.8 cm³/mol. The van der Waals surface area contributed by atoms with Crippen molar-refractivity contribution in [2.24, 2.45) is 0 Å². The van der Waals surface area contributed by atoms with E-state index in [0.717, 1.165) is 18.2 Å². The Balaban J connectivity index is 2.30. The maximum absolute atomic E-state index is 14.1. The van der Waals surface area contributed by atoms with Crippen LogP contribution in [0.15, 0.2) is 48.5 Å². The number of carboxylic acid groups (broad SMARTS) is 1. The second kappa shape index (κ2) is 8.70. The highest BCUT2D eigenvalue weighted by Crippen LogP contribution is 2.37. The molecule has 31 heavy (non-hydrogen) atoms. The van der Waals surface area contributed by atoms with E-state index in [2.05, 4.69) is 9.47 Å². The van der Waals surface area contributed by atoms with Gasteiger partial charge >= 0.3 is 24.7 Å². The van der Waals surface area contributed by atoms with E-state index in [9.17, 15) is 39.9 Å². The molecule has 2 aromatic rings.